The van der Waals surface area contributed by atoms with Gasteiger partial charge in [-0.1, -0.05) is 43.3 Å². The molecule has 2 N–H and O–H groups in total. The van der Waals surface area contributed by atoms with Gasteiger partial charge < -0.3 is 29.4 Å². The SMILES string of the molecule is CCOc1cc(C2C(C#N)=C(N)Oc3cc(OC(=O)COc4ccc(CC)cc4)ccc32)ccc1OCc1ccc(F)cc1. The Morgan fingerprint density at radius 2 is 1.61 bits per heavy atom. The Labute approximate surface area is 255 Å². The Kier molecular flexibility index (Phi) is 9.31. The fourth-order valence-electron chi connectivity index (χ4n) is 4.80. The number of rotatable bonds is 11. The highest BCUT2D eigenvalue weighted by atomic mass is 19.1. The molecule has 224 valence electrons. The molecule has 1 unspecified atom stereocenters. The summed E-state index contributed by atoms with van der Waals surface area (Å²) >= 11 is 0. The highest BCUT2D eigenvalue weighted by molar-refractivity contribution is 5.74. The van der Waals surface area contributed by atoms with Crippen LogP contribution in [0.25, 0.3) is 0 Å². The van der Waals surface area contributed by atoms with Crippen LogP contribution in [0.3, 0.4) is 0 Å². The van der Waals surface area contributed by atoms with Gasteiger partial charge in [-0.05, 0) is 72.5 Å². The maximum Gasteiger partial charge on any atom is 0.349 e. The van der Waals surface area contributed by atoms with Crippen LogP contribution in [0.4, 0.5) is 4.39 Å². The first-order valence-electron chi connectivity index (χ1n) is 14.2. The zero-order valence-corrected chi connectivity index (χ0v) is 24.3. The second-order valence-corrected chi connectivity index (χ2v) is 9.94. The lowest BCUT2D eigenvalue weighted by Crippen LogP contribution is -2.22. The number of fused-ring (bicyclic) bond motifs is 1. The molecule has 1 aliphatic rings. The molecule has 0 bridgehead atoms. The van der Waals surface area contributed by atoms with Gasteiger partial charge in [0.1, 0.15) is 41.3 Å². The van der Waals surface area contributed by atoms with E-state index in [9.17, 15) is 14.4 Å². The van der Waals surface area contributed by atoms with Crippen molar-refractivity contribution in [2.24, 2.45) is 5.73 Å². The number of benzene rings is 4. The van der Waals surface area contributed by atoms with E-state index in [2.05, 4.69) is 13.0 Å². The van der Waals surface area contributed by atoms with Crippen LogP contribution in [-0.4, -0.2) is 19.2 Å². The number of nitriles is 1. The molecule has 1 heterocycles. The van der Waals surface area contributed by atoms with Crippen molar-refractivity contribution >= 4 is 5.97 Å². The lowest BCUT2D eigenvalue weighted by molar-refractivity contribution is -0.136. The third-order valence-electron chi connectivity index (χ3n) is 7.02. The van der Waals surface area contributed by atoms with Gasteiger partial charge in [0.15, 0.2) is 18.1 Å². The topological polar surface area (TPSA) is 113 Å². The minimum absolute atomic E-state index is 0.0538. The predicted octanol–water partition coefficient (Wildman–Crippen LogP) is 6.57. The average molecular weight is 595 g/mol. The van der Waals surface area contributed by atoms with Gasteiger partial charge in [0.25, 0.3) is 0 Å². The van der Waals surface area contributed by atoms with Gasteiger partial charge in [0, 0.05) is 11.6 Å². The number of nitrogens with zero attached hydrogens (tertiary/aromatic N) is 1. The number of halogens is 1. The van der Waals surface area contributed by atoms with Crippen LogP contribution >= 0.6 is 0 Å². The fraction of sp³-hybridized carbons (Fsp3) is 0.200. The first-order valence-corrected chi connectivity index (χ1v) is 14.2. The molecule has 5 rings (SSSR count). The van der Waals surface area contributed by atoms with Crippen molar-refractivity contribution in [2.45, 2.75) is 32.8 Å². The van der Waals surface area contributed by atoms with Crippen LogP contribution in [-0.2, 0) is 17.8 Å². The molecule has 9 heteroatoms. The molecule has 4 aromatic carbocycles. The van der Waals surface area contributed by atoms with Crippen molar-refractivity contribution in [1.29, 1.82) is 5.26 Å². The summed E-state index contributed by atoms with van der Waals surface area (Å²) < 4.78 is 42.0. The minimum atomic E-state index is -0.587. The number of aryl methyl sites for hydroxylation is 1. The molecule has 0 spiro atoms. The molecule has 1 atom stereocenters. The van der Waals surface area contributed by atoms with Crippen molar-refractivity contribution in [3.8, 4) is 34.8 Å². The molecule has 1 aliphatic heterocycles. The summed E-state index contributed by atoms with van der Waals surface area (Å²) in [6, 6.07) is 26.0. The Morgan fingerprint density at radius 1 is 0.886 bits per heavy atom. The monoisotopic (exact) mass is 594 g/mol. The largest absolute Gasteiger partial charge is 0.490 e. The van der Waals surface area contributed by atoms with Crippen molar-refractivity contribution in [3.05, 3.63) is 124 Å². The lowest BCUT2D eigenvalue weighted by Gasteiger charge is -2.27. The van der Waals surface area contributed by atoms with Crippen LogP contribution in [0.1, 0.15) is 42.0 Å². The number of esters is 1. The third-order valence-corrected chi connectivity index (χ3v) is 7.02. The van der Waals surface area contributed by atoms with Gasteiger partial charge in [-0.15, -0.1) is 0 Å². The normalized spacial score (nSPS) is 13.7. The molecule has 0 aromatic heterocycles. The number of hydrogen-bond donors (Lipinski definition) is 1. The number of carbonyl (C=O) groups excluding carboxylic acids is 1. The number of nitrogens with two attached hydrogens (primary N) is 1. The van der Waals surface area contributed by atoms with E-state index < -0.39 is 11.9 Å². The summed E-state index contributed by atoms with van der Waals surface area (Å²) in [5.41, 5.74) is 9.76. The van der Waals surface area contributed by atoms with Gasteiger partial charge in [-0.3, -0.25) is 0 Å². The lowest BCUT2D eigenvalue weighted by atomic mass is 9.83. The molecular formula is C35H31FN2O6. The summed E-state index contributed by atoms with van der Waals surface area (Å²) in [6.07, 6.45) is 0.908. The zero-order valence-electron chi connectivity index (χ0n) is 24.3. The van der Waals surface area contributed by atoms with Gasteiger partial charge in [0.05, 0.1) is 12.5 Å². The van der Waals surface area contributed by atoms with E-state index in [-0.39, 0.29) is 36.2 Å². The van der Waals surface area contributed by atoms with E-state index in [1.165, 1.54) is 17.7 Å². The van der Waals surface area contributed by atoms with E-state index >= 15 is 0 Å². The molecule has 0 aliphatic carbocycles. The van der Waals surface area contributed by atoms with Crippen LogP contribution in [0.2, 0.25) is 0 Å². The van der Waals surface area contributed by atoms with Gasteiger partial charge >= 0.3 is 5.97 Å². The second kappa shape index (κ2) is 13.7. The Morgan fingerprint density at radius 3 is 2.32 bits per heavy atom. The predicted molar refractivity (Wildman–Crippen MR) is 161 cm³/mol. The standard InChI is InChI=1S/C35H31FN2O6/c1-3-22-7-12-26(13-8-22)41-21-33(39)43-27-14-15-28-31(18-27)44-35(38)29(19-37)34(28)24-9-16-30(32(17-24)40-4-2)42-20-23-5-10-25(36)11-6-23/h5-18,34H,3-4,20-21,38H2,1-2H3. The molecule has 0 radical (unpaired) electrons. The van der Waals surface area contributed by atoms with E-state index in [0.29, 0.717) is 35.2 Å². The summed E-state index contributed by atoms with van der Waals surface area (Å²) in [6.45, 7) is 4.24. The average Bonchev–Trinajstić information content (AvgIpc) is 3.03. The van der Waals surface area contributed by atoms with Crippen LogP contribution < -0.4 is 29.4 Å². The summed E-state index contributed by atoms with van der Waals surface area (Å²) in [7, 11) is 0. The van der Waals surface area contributed by atoms with Crippen LogP contribution in [0, 0.1) is 17.1 Å². The molecule has 4 aromatic rings. The number of carbonyl (C=O) groups is 1. The van der Waals surface area contributed by atoms with Crippen LogP contribution in [0.15, 0.2) is 96.4 Å². The van der Waals surface area contributed by atoms with Crippen LogP contribution in [0.5, 0.6) is 28.7 Å². The molecule has 8 nitrogen and oxygen atoms in total. The van der Waals surface area contributed by atoms with Gasteiger partial charge in [-0.2, -0.15) is 5.26 Å². The highest BCUT2D eigenvalue weighted by Crippen LogP contribution is 2.45. The summed E-state index contributed by atoms with van der Waals surface area (Å²) in [5, 5.41) is 10.00. The first kappa shape index (κ1) is 30.0. The Bertz CT molecular complexity index is 1710. The maximum absolute atomic E-state index is 13.3. The third kappa shape index (κ3) is 6.93. The van der Waals surface area contributed by atoms with E-state index in [4.69, 9.17) is 29.4 Å². The molecule has 0 saturated heterocycles. The smallest absolute Gasteiger partial charge is 0.349 e. The first-order chi connectivity index (χ1) is 21.4. The van der Waals surface area contributed by atoms with Gasteiger partial charge in [0.2, 0.25) is 5.88 Å². The summed E-state index contributed by atoms with van der Waals surface area (Å²) in [5.74, 6) is 0.590. The van der Waals surface area contributed by atoms with E-state index in [1.54, 1.807) is 42.5 Å². The highest BCUT2D eigenvalue weighted by Gasteiger charge is 2.32. The Balaban J connectivity index is 1.35. The fourth-order valence-corrected chi connectivity index (χ4v) is 4.80. The van der Waals surface area contributed by atoms with E-state index in [1.807, 2.05) is 37.3 Å². The minimum Gasteiger partial charge on any atom is -0.490 e. The molecule has 44 heavy (non-hydrogen) atoms. The number of hydrogen-bond acceptors (Lipinski definition) is 8. The number of ether oxygens (including phenoxy) is 5. The Hall–Kier alpha value is -5.49. The quantitative estimate of drug-likeness (QED) is 0.153. The molecular weight excluding hydrogens is 563 g/mol. The van der Waals surface area contributed by atoms with Crippen molar-refractivity contribution in [1.82, 2.24) is 0 Å². The maximum atomic E-state index is 13.3. The van der Waals surface area contributed by atoms with E-state index in [0.717, 1.165) is 17.5 Å². The molecule has 0 fully saturated rings. The molecule has 0 amide bonds. The molecule has 0 saturated carbocycles. The van der Waals surface area contributed by atoms with Crippen molar-refractivity contribution < 1.29 is 32.9 Å². The zero-order chi connectivity index (χ0) is 31.1. The second-order valence-electron chi connectivity index (χ2n) is 9.94. The van der Waals surface area contributed by atoms with Crippen molar-refractivity contribution in [3.63, 3.8) is 0 Å². The summed E-state index contributed by atoms with van der Waals surface area (Å²) in [4.78, 5) is 12.5. The van der Waals surface area contributed by atoms with Crippen molar-refractivity contribution in [2.75, 3.05) is 13.2 Å². The van der Waals surface area contributed by atoms with Gasteiger partial charge in [-0.25, -0.2) is 9.18 Å². The number of allylic oxidation sites excluding steroid dienone is 1.